The van der Waals surface area contributed by atoms with E-state index in [4.69, 9.17) is 4.74 Å². The van der Waals surface area contributed by atoms with E-state index in [9.17, 15) is 9.59 Å². The Labute approximate surface area is 147 Å². The van der Waals surface area contributed by atoms with Gasteiger partial charge in [0, 0.05) is 11.9 Å². The Morgan fingerprint density at radius 3 is 2.76 bits per heavy atom. The van der Waals surface area contributed by atoms with Gasteiger partial charge in [-0.25, -0.2) is 4.79 Å². The zero-order chi connectivity index (χ0) is 17.8. The predicted octanol–water partition coefficient (Wildman–Crippen LogP) is 3.02. The van der Waals surface area contributed by atoms with Gasteiger partial charge in [0.1, 0.15) is 6.54 Å². The minimum Gasteiger partial charge on any atom is -0.465 e. The number of fused-ring (bicyclic) bond motifs is 3. The van der Waals surface area contributed by atoms with Gasteiger partial charge in [-0.1, -0.05) is 25.1 Å². The number of esters is 1. The number of hydrogen-bond donors (Lipinski definition) is 1. The average molecular weight is 341 g/mol. The van der Waals surface area contributed by atoms with E-state index >= 15 is 0 Å². The smallest absolute Gasteiger partial charge is 0.325 e. The number of carbonyl (C=O) groups is 2. The number of ether oxygens (including phenoxy) is 1. The third-order valence-electron chi connectivity index (χ3n) is 4.43. The SMILES string of the molecule is CCOC(=O)CNC(=O)N1Cc2ccccc2-n2cccc2[C@H]1CC. The van der Waals surface area contributed by atoms with Crippen LogP contribution in [0.5, 0.6) is 0 Å². The van der Waals surface area contributed by atoms with Crippen LogP contribution in [0.15, 0.2) is 42.6 Å². The van der Waals surface area contributed by atoms with Gasteiger partial charge in [0.25, 0.3) is 0 Å². The number of amides is 2. The highest BCUT2D eigenvalue weighted by Crippen LogP contribution is 2.33. The van der Waals surface area contributed by atoms with E-state index in [1.807, 2.05) is 36.5 Å². The number of nitrogens with zero attached hydrogens (tertiary/aromatic N) is 2. The van der Waals surface area contributed by atoms with Gasteiger partial charge in [0.05, 0.1) is 24.9 Å². The first-order chi connectivity index (χ1) is 12.2. The van der Waals surface area contributed by atoms with E-state index in [-0.39, 0.29) is 18.6 Å². The second-order valence-corrected chi connectivity index (χ2v) is 5.95. The lowest BCUT2D eigenvalue weighted by atomic mass is 10.1. The average Bonchev–Trinajstić information content (AvgIpc) is 3.04. The van der Waals surface area contributed by atoms with Crippen molar-refractivity contribution in [3.63, 3.8) is 0 Å². The van der Waals surface area contributed by atoms with E-state index in [0.29, 0.717) is 13.2 Å². The molecule has 1 aromatic carbocycles. The lowest BCUT2D eigenvalue weighted by Gasteiger charge is -2.29. The van der Waals surface area contributed by atoms with E-state index in [1.165, 1.54) is 0 Å². The summed E-state index contributed by atoms with van der Waals surface area (Å²) >= 11 is 0. The van der Waals surface area contributed by atoms with Crippen LogP contribution in [0.4, 0.5) is 4.79 Å². The van der Waals surface area contributed by atoms with Gasteiger partial charge >= 0.3 is 12.0 Å². The molecule has 0 fully saturated rings. The van der Waals surface area contributed by atoms with Gasteiger partial charge in [-0.2, -0.15) is 0 Å². The normalized spacial score (nSPS) is 15.8. The van der Waals surface area contributed by atoms with Crippen molar-refractivity contribution in [2.45, 2.75) is 32.9 Å². The summed E-state index contributed by atoms with van der Waals surface area (Å²) in [5.41, 5.74) is 3.22. The van der Waals surface area contributed by atoms with E-state index in [1.54, 1.807) is 11.8 Å². The molecule has 0 unspecified atom stereocenters. The summed E-state index contributed by atoms with van der Waals surface area (Å²) in [5, 5.41) is 2.69. The van der Waals surface area contributed by atoms with Gasteiger partial charge < -0.3 is 19.5 Å². The molecule has 1 aliphatic heterocycles. The van der Waals surface area contributed by atoms with Crippen molar-refractivity contribution in [3.8, 4) is 5.69 Å². The number of para-hydroxylation sites is 1. The predicted molar refractivity (Wildman–Crippen MR) is 94.4 cm³/mol. The monoisotopic (exact) mass is 341 g/mol. The van der Waals surface area contributed by atoms with Crippen LogP contribution in [0.2, 0.25) is 0 Å². The Morgan fingerprint density at radius 1 is 1.20 bits per heavy atom. The Balaban J connectivity index is 1.89. The fraction of sp³-hybridized carbons (Fsp3) is 0.368. The standard InChI is InChI=1S/C19H23N3O3/c1-3-15-17-10-7-11-21(17)16-9-6-5-8-14(16)13-22(15)19(24)20-12-18(23)25-4-2/h5-11,15H,3-4,12-13H2,1-2H3,(H,20,24)/t15-/m1/s1. The highest BCUT2D eigenvalue weighted by molar-refractivity contribution is 5.81. The molecular formula is C19H23N3O3. The first kappa shape index (κ1) is 17.1. The lowest BCUT2D eigenvalue weighted by molar-refractivity contribution is -0.141. The van der Waals surface area contributed by atoms with Gasteiger partial charge in [-0.3, -0.25) is 4.79 Å². The molecule has 3 rings (SSSR count). The summed E-state index contributed by atoms with van der Waals surface area (Å²) in [7, 11) is 0. The minimum atomic E-state index is -0.428. The Bertz CT molecular complexity index is 769. The van der Waals surface area contributed by atoms with Crippen molar-refractivity contribution < 1.29 is 14.3 Å². The molecule has 1 aromatic heterocycles. The molecule has 2 heterocycles. The molecule has 1 aliphatic rings. The number of rotatable bonds is 4. The molecule has 0 spiro atoms. The van der Waals surface area contributed by atoms with E-state index in [0.717, 1.165) is 23.4 Å². The Morgan fingerprint density at radius 2 is 2.00 bits per heavy atom. The summed E-state index contributed by atoms with van der Waals surface area (Å²) in [5.74, 6) is -0.428. The van der Waals surface area contributed by atoms with Crippen molar-refractivity contribution in [2.75, 3.05) is 13.2 Å². The highest BCUT2D eigenvalue weighted by Gasteiger charge is 2.30. The summed E-state index contributed by atoms with van der Waals surface area (Å²) in [6, 6.07) is 11.8. The molecule has 0 aliphatic carbocycles. The molecule has 2 aromatic rings. The van der Waals surface area contributed by atoms with E-state index < -0.39 is 5.97 Å². The molecule has 25 heavy (non-hydrogen) atoms. The van der Waals surface area contributed by atoms with Crippen molar-refractivity contribution in [1.29, 1.82) is 0 Å². The molecule has 6 nitrogen and oxygen atoms in total. The fourth-order valence-electron chi connectivity index (χ4n) is 3.32. The quantitative estimate of drug-likeness (QED) is 0.870. The van der Waals surface area contributed by atoms with Crippen LogP contribution in [0.3, 0.4) is 0 Å². The van der Waals surface area contributed by atoms with Crippen molar-refractivity contribution in [3.05, 3.63) is 53.9 Å². The topological polar surface area (TPSA) is 63.6 Å². The largest absolute Gasteiger partial charge is 0.465 e. The maximum absolute atomic E-state index is 12.8. The summed E-state index contributed by atoms with van der Waals surface area (Å²) in [6.45, 7) is 4.47. The van der Waals surface area contributed by atoms with Crippen molar-refractivity contribution >= 4 is 12.0 Å². The summed E-state index contributed by atoms with van der Waals surface area (Å²) in [6.07, 6.45) is 2.81. The molecule has 1 atom stereocenters. The lowest BCUT2D eigenvalue weighted by Crippen LogP contribution is -2.43. The maximum atomic E-state index is 12.8. The maximum Gasteiger partial charge on any atom is 0.325 e. The molecule has 0 bridgehead atoms. The number of carbonyl (C=O) groups excluding carboxylic acids is 2. The zero-order valence-corrected chi connectivity index (χ0v) is 14.6. The molecule has 132 valence electrons. The molecule has 0 saturated carbocycles. The van der Waals surface area contributed by atoms with Crippen molar-refractivity contribution in [1.82, 2.24) is 14.8 Å². The fourth-order valence-corrected chi connectivity index (χ4v) is 3.32. The minimum absolute atomic E-state index is 0.0652. The number of urea groups is 1. The van der Waals surface area contributed by atoms with Crippen LogP contribution >= 0.6 is 0 Å². The number of benzene rings is 1. The van der Waals surface area contributed by atoms with Crippen LogP contribution in [0.1, 0.15) is 37.6 Å². The number of hydrogen-bond acceptors (Lipinski definition) is 3. The molecule has 0 radical (unpaired) electrons. The second-order valence-electron chi connectivity index (χ2n) is 5.95. The Hall–Kier alpha value is -2.76. The third kappa shape index (κ3) is 3.38. The van der Waals surface area contributed by atoms with Crippen LogP contribution in [0, 0.1) is 0 Å². The van der Waals surface area contributed by atoms with Crippen LogP contribution in [-0.2, 0) is 16.1 Å². The number of aromatic nitrogens is 1. The molecule has 1 N–H and O–H groups in total. The first-order valence-corrected chi connectivity index (χ1v) is 8.61. The summed E-state index contributed by atoms with van der Waals surface area (Å²) in [4.78, 5) is 26.1. The third-order valence-corrected chi connectivity index (χ3v) is 4.43. The summed E-state index contributed by atoms with van der Waals surface area (Å²) < 4.78 is 7.02. The van der Waals surface area contributed by atoms with Gasteiger partial charge in [0.2, 0.25) is 0 Å². The number of nitrogens with one attached hydrogen (secondary N) is 1. The highest BCUT2D eigenvalue weighted by atomic mass is 16.5. The molecule has 6 heteroatoms. The Kier molecular flexibility index (Phi) is 5.07. The van der Waals surface area contributed by atoms with Gasteiger partial charge in [-0.05, 0) is 37.1 Å². The van der Waals surface area contributed by atoms with Gasteiger partial charge in [-0.15, -0.1) is 0 Å². The first-order valence-electron chi connectivity index (χ1n) is 8.61. The molecule has 0 saturated heterocycles. The molecule has 2 amide bonds. The molecular weight excluding hydrogens is 318 g/mol. The van der Waals surface area contributed by atoms with Crippen LogP contribution < -0.4 is 5.32 Å². The van der Waals surface area contributed by atoms with E-state index in [2.05, 4.69) is 22.9 Å². The van der Waals surface area contributed by atoms with Crippen LogP contribution in [-0.4, -0.2) is 34.6 Å². The zero-order valence-electron chi connectivity index (χ0n) is 14.6. The van der Waals surface area contributed by atoms with Gasteiger partial charge in [0.15, 0.2) is 0 Å². The van der Waals surface area contributed by atoms with Crippen molar-refractivity contribution in [2.24, 2.45) is 0 Å². The second kappa shape index (κ2) is 7.42. The van der Waals surface area contributed by atoms with Crippen LogP contribution in [0.25, 0.3) is 5.69 Å².